The number of unbranched alkanes of at least 4 members (excludes halogenated alkanes) is 3. The summed E-state index contributed by atoms with van der Waals surface area (Å²) in [7, 11) is 0. The monoisotopic (exact) mass is 665 g/mol. The van der Waals surface area contributed by atoms with Crippen molar-refractivity contribution in [2.24, 2.45) is 0 Å². The molecule has 1 heterocycles. The minimum absolute atomic E-state index is 0.153. The number of pyridine rings is 1. The van der Waals surface area contributed by atoms with Crippen LogP contribution in [0, 0.1) is 29.1 Å². The van der Waals surface area contributed by atoms with E-state index >= 15 is 8.78 Å². The molecular weight excluding hydrogens is 631 g/mol. The SMILES string of the molecule is CCCCCc1ccc(CCCCc2ccc(C(F)(F)Oc3ccc(-c4ccc(-c5cc(F)c(F)c(F)c5)c(F)c4)cc3)c(F)c2)nc1. The molecule has 0 aliphatic carbocycles. The van der Waals surface area contributed by atoms with Crippen LogP contribution in [0.1, 0.15) is 61.4 Å². The average molecular weight is 666 g/mol. The number of alkyl halides is 2. The molecule has 9 heteroatoms. The maximum Gasteiger partial charge on any atom is 0.429 e. The Morgan fingerprint density at radius 1 is 0.583 bits per heavy atom. The summed E-state index contributed by atoms with van der Waals surface area (Å²) in [5, 5.41) is 0. The van der Waals surface area contributed by atoms with Crippen molar-refractivity contribution in [3.05, 3.63) is 143 Å². The van der Waals surface area contributed by atoms with E-state index in [0.29, 0.717) is 35.2 Å². The van der Waals surface area contributed by atoms with Crippen LogP contribution in [0.25, 0.3) is 22.3 Å². The predicted octanol–water partition coefficient (Wildman–Crippen LogP) is 11.5. The van der Waals surface area contributed by atoms with Gasteiger partial charge in [0.05, 0.1) is 5.56 Å². The lowest BCUT2D eigenvalue weighted by molar-refractivity contribution is -0.187. The van der Waals surface area contributed by atoms with E-state index in [-0.39, 0.29) is 16.9 Å². The summed E-state index contributed by atoms with van der Waals surface area (Å²) in [6, 6.07) is 18.2. The van der Waals surface area contributed by atoms with Crippen LogP contribution in [0.3, 0.4) is 0 Å². The maximum absolute atomic E-state index is 15.0. The first kappa shape index (κ1) is 34.7. The number of rotatable bonds is 14. The van der Waals surface area contributed by atoms with Gasteiger partial charge in [-0.15, -0.1) is 0 Å². The molecule has 1 aromatic heterocycles. The topological polar surface area (TPSA) is 22.1 Å². The van der Waals surface area contributed by atoms with Crippen LogP contribution in [0.15, 0.2) is 91.1 Å². The third-order valence-corrected chi connectivity index (χ3v) is 8.15. The summed E-state index contributed by atoms with van der Waals surface area (Å²) >= 11 is 0. The summed E-state index contributed by atoms with van der Waals surface area (Å²) in [5.41, 5.74) is 2.35. The highest BCUT2D eigenvalue weighted by Gasteiger charge is 2.37. The van der Waals surface area contributed by atoms with E-state index in [9.17, 15) is 22.0 Å². The van der Waals surface area contributed by atoms with Crippen LogP contribution in [0.5, 0.6) is 5.75 Å². The number of halogens is 7. The van der Waals surface area contributed by atoms with Gasteiger partial charge in [0.15, 0.2) is 17.5 Å². The minimum Gasteiger partial charge on any atom is -0.429 e. The van der Waals surface area contributed by atoms with Gasteiger partial charge in [-0.3, -0.25) is 4.98 Å². The fraction of sp³-hybridized carbons (Fsp3) is 0.256. The number of ether oxygens (including phenoxy) is 1. The fourth-order valence-electron chi connectivity index (χ4n) is 5.47. The Balaban J connectivity index is 1.16. The van der Waals surface area contributed by atoms with Crippen LogP contribution in [0.4, 0.5) is 30.7 Å². The van der Waals surface area contributed by atoms with E-state index in [1.165, 1.54) is 60.9 Å². The molecule has 0 amide bonds. The van der Waals surface area contributed by atoms with Crippen molar-refractivity contribution in [3.8, 4) is 28.0 Å². The first-order valence-corrected chi connectivity index (χ1v) is 15.9. The Morgan fingerprint density at radius 2 is 1.21 bits per heavy atom. The number of hydrogen-bond donors (Lipinski definition) is 0. The average Bonchev–Trinajstić information content (AvgIpc) is 3.06. The highest BCUT2D eigenvalue weighted by atomic mass is 19.3. The molecule has 5 rings (SSSR count). The van der Waals surface area contributed by atoms with Gasteiger partial charge in [0.2, 0.25) is 0 Å². The normalized spacial score (nSPS) is 11.6. The molecule has 48 heavy (non-hydrogen) atoms. The van der Waals surface area contributed by atoms with Gasteiger partial charge in [0.25, 0.3) is 0 Å². The minimum atomic E-state index is -3.97. The van der Waals surface area contributed by atoms with Crippen molar-refractivity contribution in [1.29, 1.82) is 0 Å². The zero-order chi connectivity index (χ0) is 34.3. The number of aromatic nitrogens is 1. The second-order valence-electron chi connectivity index (χ2n) is 11.7. The molecule has 0 radical (unpaired) electrons. The number of nitrogens with zero attached hydrogens (tertiary/aromatic N) is 1. The van der Waals surface area contributed by atoms with Crippen LogP contribution in [-0.2, 0) is 25.4 Å². The quantitative estimate of drug-likeness (QED) is 0.0669. The Labute approximate surface area is 275 Å². The Hall–Kier alpha value is -4.66. The van der Waals surface area contributed by atoms with Crippen molar-refractivity contribution >= 4 is 0 Å². The second-order valence-corrected chi connectivity index (χ2v) is 11.7. The lowest BCUT2D eigenvalue weighted by Gasteiger charge is -2.19. The summed E-state index contributed by atoms with van der Waals surface area (Å²) in [6.07, 6.45) is 5.37. The van der Waals surface area contributed by atoms with Gasteiger partial charge in [-0.2, -0.15) is 8.78 Å². The Bertz CT molecular complexity index is 1820. The van der Waals surface area contributed by atoms with Crippen LogP contribution in [-0.4, -0.2) is 4.98 Å². The molecular formula is C39H34F7NO. The maximum atomic E-state index is 15.0. The van der Waals surface area contributed by atoms with Crippen molar-refractivity contribution in [2.45, 2.75) is 64.4 Å². The Kier molecular flexibility index (Phi) is 11.2. The third kappa shape index (κ3) is 8.62. The largest absolute Gasteiger partial charge is 0.429 e. The van der Waals surface area contributed by atoms with Crippen molar-refractivity contribution < 1.29 is 35.5 Å². The lowest BCUT2D eigenvalue weighted by atomic mass is 9.99. The standard InChI is InChI=1S/C39H34F7NO/c1-2-3-4-8-26-10-15-30(47-24-26)9-6-5-7-25-11-19-33(35(41)20-25)39(45,46)48-31-16-12-27(13-17-31)28-14-18-32(34(40)21-28)29-22-36(42)38(44)37(43)23-29/h10-24H,2-9H2,1H3. The van der Waals surface area contributed by atoms with Crippen molar-refractivity contribution in [2.75, 3.05) is 0 Å². The van der Waals surface area contributed by atoms with E-state index in [2.05, 4.69) is 18.0 Å². The molecule has 0 aliphatic rings. The molecule has 0 fully saturated rings. The van der Waals surface area contributed by atoms with E-state index in [4.69, 9.17) is 4.74 Å². The Morgan fingerprint density at radius 3 is 1.85 bits per heavy atom. The smallest absolute Gasteiger partial charge is 0.429 e. The molecule has 0 spiro atoms. The molecule has 5 aromatic rings. The number of hydrogen-bond acceptors (Lipinski definition) is 2. The summed E-state index contributed by atoms with van der Waals surface area (Å²) in [5.74, 6) is -6.71. The summed E-state index contributed by atoms with van der Waals surface area (Å²) in [4.78, 5) is 4.53. The van der Waals surface area contributed by atoms with Gasteiger partial charge in [0, 0.05) is 17.5 Å². The predicted molar refractivity (Wildman–Crippen MR) is 172 cm³/mol. The van der Waals surface area contributed by atoms with Gasteiger partial charge >= 0.3 is 6.11 Å². The highest BCUT2D eigenvalue weighted by molar-refractivity contribution is 5.71. The molecule has 0 unspecified atom stereocenters. The van der Waals surface area contributed by atoms with E-state index in [0.717, 1.165) is 56.0 Å². The van der Waals surface area contributed by atoms with Gasteiger partial charge in [-0.1, -0.05) is 56.2 Å². The van der Waals surface area contributed by atoms with E-state index in [1.54, 1.807) is 0 Å². The van der Waals surface area contributed by atoms with Crippen molar-refractivity contribution in [1.82, 2.24) is 4.98 Å². The number of benzene rings is 4. The zero-order valence-corrected chi connectivity index (χ0v) is 26.3. The third-order valence-electron chi connectivity index (χ3n) is 8.15. The van der Waals surface area contributed by atoms with Crippen molar-refractivity contribution in [3.63, 3.8) is 0 Å². The molecule has 0 saturated carbocycles. The highest BCUT2D eigenvalue weighted by Crippen LogP contribution is 2.35. The van der Waals surface area contributed by atoms with Crippen LogP contribution < -0.4 is 4.74 Å². The van der Waals surface area contributed by atoms with Gasteiger partial charge < -0.3 is 4.74 Å². The molecule has 0 N–H and O–H groups in total. The molecule has 2 nitrogen and oxygen atoms in total. The molecule has 0 aliphatic heterocycles. The lowest BCUT2D eigenvalue weighted by Crippen LogP contribution is -2.23. The fourth-order valence-corrected chi connectivity index (χ4v) is 5.47. The summed E-state index contributed by atoms with van der Waals surface area (Å²) in [6.45, 7) is 2.17. The number of aryl methyl sites for hydroxylation is 3. The zero-order valence-electron chi connectivity index (χ0n) is 26.3. The molecule has 0 atom stereocenters. The first-order valence-electron chi connectivity index (χ1n) is 15.9. The molecule has 250 valence electrons. The van der Waals surface area contributed by atoms with Crippen LogP contribution in [0.2, 0.25) is 0 Å². The van der Waals surface area contributed by atoms with Crippen LogP contribution >= 0.6 is 0 Å². The molecule has 0 saturated heterocycles. The first-order chi connectivity index (χ1) is 23.0. The van der Waals surface area contributed by atoms with E-state index < -0.39 is 40.8 Å². The molecule has 0 bridgehead atoms. The van der Waals surface area contributed by atoms with Gasteiger partial charge in [0.1, 0.15) is 17.4 Å². The second kappa shape index (κ2) is 15.5. The summed E-state index contributed by atoms with van der Waals surface area (Å²) < 4.78 is 105. The van der Waals surface area contributed by atoms with Gasteiger partial charge in [-0.25, -0.2) is 22.0 Å². The molecule has 4 aromatic carbocycles. The van der Waals surface area contributed by atoms with E-state index in [1.807, 2.05) is 12.3 Å². The van der Waals surface area contributed by atoms with Gasteiger partial charge in [-0.05, 0) is 115 Å².